The lowest BCUT2D eigenvalue weighted by Crippen LogP contribution is -2.16. The molecule has 6 nitrogen and oxygen atoms in total. The van der Waals surface area contributed by atoms with Gasteiger partial charge in [0.15, 0.2) is 0 Å². The molecule has 0 aliphatic heterocycles. The Morgan fingerprint density at radius 1 is 1.21 bits per heavy atom. The first-order chi connectivity index (χ1) is 11.4. The maximum atomic E-state index is 12.3. The van der Waals surface area contributed by atoms with Gasteiger partial charge in [-0.15, -0.1) is 0 Å². The van der Waals surface area contributed by atoms with E-state index in [1.54, 1.807) is 30.5 Å². The van der Waals surface area contributed by atoms with Crippen molar-refractivity contribution >= 4 is 33.1 Å². The van der Waals surface area contributed by atoms with Crippen LogP contribution in [0.15, 0.2) is 47.5 Å². The predicted octanol–water partition coefficient (Wildman–Crippen LogP) is 2.90. The Morgan fingerprint density at radius 2 is 2.00 bits per heavy atom. The van der Waals surface area contributed by atoms with E-state index in [-0.39, 0.29) is 10.7 Å². The molecule has 1 heterocycles. The molecule has 1 aromatic heterocycles. The first-order valence-electron chi connectivity index (χ1n) is 7.50. The third-order valence-electron chi connectivity index (χ3n) is 3.22. The number of benzene rings is 1. The Morgan fingerprint density at radius 3 is 2.62 bits per heavy atom. The van der Waals surface area contributed by atoms with Crippen LogP contribution in [0.5, 0.6) is 0 Å². The number of nitrogens with zero attached hydrogens (tertiary/aromatic N) is 2. The fourth-order valence-electron chi connectivity index (χ4n) is 2.02. The van der Waals surface area contributed by atoms with Gasteiger partial charge in [-0.05, 0) is 57.4 Å². The van der Waals surface area contributed by atoms with E-state index >= 15 is 0 Å². The van der Waals surface area contributed by atoms with Gasteiger partial charge >= 0.3 is 0 Å². The van der Waals surface area contributed by atoms with Crippen LogP contribution in [-0.2, 0) is 10.0 Å². The van der Waals surface area contributed by atoms with Crippen molar-refractivity contribution in [3.63, 3.8) is 0 Å². The average molecular weight is 369 g/mol. The van der Waals surface area contributed by atoms with Crippen LogP contribution in [0.25, 0.3) is 0 Å². The second kappa shape index (κ2) is 8.32. The van der Waals surface area contributed by atoms with Crippen LogP contribution < -0.4 is 10.0 Å². The summed E-state index contributed by atoms with van der Waals surface area (Å²) < 4.78 is 27.0. The summed E-state index contributed by atoms with van der Waals surface area (Å²) in [6.07, 6.45) is 2.61. The Hall–Kier alpha value is -1.83. The number of pyridine rings is 1. The van der Waals surface area contributed by atoms with E-state index in [4.69, 9.17) is 11.6 Å². The smallest absolute Gasteiger partial charge is 0.263 e. The van der Waals surface area contributed by atoms with Crippen LogP contribution in [0.2, 0.25) is 5.02 Å². The highest BCUT2D eigenvalue weighted by Crippen LogP contribution is 2.19. The fourth-order valence-corrected chi connectivity index (χ4v) is 3.33. The highest BCUT2D eigenvalue weighted by Gasteiger charge is 2.15. The minimum atomic E-state index is -3.70. The van der Waals surface area contributed by atoms with Crippen LogP contribution in [0, 0.1) is 0 Å². The quantitative estimate of drug-likeness (QED) is 0.701. The average Bonchev–Trinajstić information content (AvgIpc) is 2.52. The summed E-state index contributed by atoms with van der Waals surface area (Å²) in [7, 11) is 0.358. The zero-order chi connectivity index (χ0) is 17.6. The minimum absolute atomic E-state index is 0.0997. The lowest BCUT2D eigenvalue weighted by Gasteiger charge is -2.11. The Kier molecular flexibility index (Phi) is 6.42. The molecule has 0 saturated heterocycles. The highest BCUT2D eigenvalue weighted by molar-refractivity contribution is 7.92. The van der Waals surface area contributed by atoms with Crippen molar-refractivity contribution in [2.24, 2.45) is 0 Å². The molecule has 0 aliphatic rings. The van der Waals surface area contributed by atoms with Gasteiger partial charge in [-0.1, -0.05) is 17.7 Å². The van der Waals surface area contributed by atoms with E-state index in [9.17, 15) is 8.42 Å². The predicted molar refractivity (Wildman–Crippen MR) is 98.2 cm³/mol. The van der Waals surface area contributed by atoms with Gasteiger partial charge < -0.3 is 10.2 Å². The number of aromatic nitrogens is 1. The van der Waals surface area contributed by atoms with Crippen molar-refractivity contribution in [3.05, 3.63) is 47.6 Å². The summed E-state index contributed by atoms with van der Waals surface area (Å²) in [5, 5.41) is 3.61. The molecule has 0 fully saturated rings. The third kappa shape index (κ3) is 5.67. The molecule has 0 spiro atoms. The van der Waals surface area contributed by atoms with E-state index in [0.29, 0.717) is 5.02 Å². The van der Waals surface area contributed by atoms with E-state index in [2.05, 4.69) is 19.9 Å². The molecule has 2 aromatic rings. The van der Waals surface area contributed by atoms with Crippen LogP contribution in [0.4, 0.5) is 11.5 Å². The fraction of sp³-hybridized carbons (Fsp3) is 0.312. The topological polar surface area (TPSA) is 74.3 Å². The van der Waals surface area contributed by atoms with E-state index in [0.717, 1.165) is 25.2 Å². The van der Waals surface area contributed by atoms with E-state index in [1.807, 2.05) is 14.1 Å². The van der Waals surface area contributed by atoms with Crippen molar-refractivity contribution < 1.29 is 8.42 Å². The number of rotatable bonds is 8. The van der Waals surface area contributed by atoms with Crippen molar-refractivity contribution in [2.45, 2.75) is 11.3 Å². The van der Waals surface area contributed by atoms with Gasteiger partial charge in [0.2, 0.25) is 0 Å². The normalized spacial score (nSPS) is 11.5. The number of nitrogens with one attached hydrogen (secondary N) is 2. The molecule has 0 aliphatic carbocycles. The highest BCUT2D eigenvalue weighted by atomic mass is 35.5. The van der Waals surface area contributed by atoms with E-state index in [1.165, 1.54) is 12.1 Å². The first-order valence-corrected chi connectivity index (χ1v) is 9.36. The molecule has 0 saturated carbocycles. The van der Waals surface area contributed by atoms with Crippen LogP contribution in [-0.4, -0.2) is 45.5 Å². The SMILES string of the molecule is CN(C)CCCNc1ccc(NS(=O)(=O)c2cccc(Cl)c2)nc1. The van der Waals surface area contributed by atoms with Crippen LogP contribution in [0.1, 0.15) is 6.42 Å². The maximum Gasteiger partial charge on any atom is 0.263 e. The molecule has 8 heteroatoms. The molecule has 0 radical (unpaired) electrons. The third-order valence-corrected chi connectivity index (χ3v) is 4.81. The monoisotopic (exact) mass is 368 g/mol. The number of hydrogen-bond donors (Lipinski definition) is 2. The van der Waals surface area contributed by atoms with Gasteiger partial charge in [0.1, 0.15) is 5.82 Å². The minimum Gasteiger partial charge on any atom is -0.384 e. The molecule has 0 bridgehead atoms. The Balaban J connectivity index is 1.96. The second-order valence-corrected chi connectivity index (χ2v) is 7.70. The standard InChI is InChI=1S/C16H21ClN4O2S/c1-21(2)10-4-9-18-14-7-8-16(19-12-14)20-24(22,23)15-6-3-5-13(17)11-15/h3,5-8,11-12,18H,4,9-10H2,1-2H3,(H,19,20). The zero-order valence-corrected chi connectivity index (χ0v) is 15.2. The van der Waals surface area contributed by atoms with Gasteiger partial charge in [-0.25, -0.2) is 13.4 Å². The Bertz CT molecular complexity index is 764. The molecule has 0 atom stereocenters. The van der Waals surface area contributed by atoms with Crippen molar-refractivity contribution in [2.75, 3.05) is 37.2 Å². The molecule has 24 heavy (non-hydrogen) atoms. The van der Waals surface area contributed by atoms with Gasteiger partial charge in [-0.2, -0.15) is 0 Å². The molecule has 130 valence electrons. The molecule has 2 rings (SSSR count). The first kappa shape index (κ1) is 18.5. The summed E-state index contributed by atoms with van der Waals surface area (Å²) in [5.41, 5.74) is 0.847. The molecule has 2 N–H and O–H groups in total. The molecule has 0 amide bonds. The lowest BCUT2D eigenvalue weighted by molar-refractivity contribution is 0.405. The molecular weight excluding hydrogens is 348 g/mol. The molecule has 0 unspecified atom stereocenters. The zero-order valence-electron chi connectivity index (χ0n) is 13.7. The van der Waals surface area contributed by atoms with Gasteiger partial charge in [-0.3, -0.25) is 4.72 Å². The van der Waals surface area contributed by atoms with Gasteiger partial charge in [0.25, 0.3) is 10.0 Å². The number of halogens is 1. The summed E-state index contributed by atoms with van der Waals surface area (Å²) >= 11 is 5.84. The second-order valence-electron chi connectivity index (χ2n) is 5.58. The van der Waals surface area contributed by atoms with Gasteiger partial charge in [0, 0.05) is 11.6 Å². The summed E-state index contributed by atoms with van der Waals surface area (Å²) in [6, 6.07) is 9.50. The summed E-state index contributed by atoms with van der Waals surface area (Å²) in [6.45, 7) is 1.82. The van der Waals surface area contributed by atoms with E-state index < -0.39 is 10.0 Å². The lowest BCUT2D eigenvalue weighted by atomic mass is 10.3. The maximum absolute atomic E-state index is 12.3. The Labute approximate surface area is 147 Å². The summed E-state index contributed by atoms with van der Waals surface area (Å²) in [4.78, 5) is 6.35. The van der Waals surface area contributed by atoms with Crippen molar-refractivity contribution in [3.8, 4) is 0 Å². The molecular formula is C16H21ClN4O2S. The van der Waals surface area contributed by atoms with Gasteiger partial charge in [0.05, 0.1) is 16.8 Å². The van der Waals surface area contributed by atoms with Crippen LogP contribution >= 0.6 is 11.6 Å². The largest absolute Gasteiger partial charge is 0.384 e. The number of hydrogen-bond acceptors (Lipinski definition) is 5. The number of anilines is 2. The summed E-state index contributed by atoms with van der Waals surface area (Å²) in [5.74, 6) is 0.258. The van der Waals surface area contributed by atoms with Crippen molar-refractivity contribution in [1.82, 2.24) is 9.88 Å². The molecule has 1 aromatic carbocycles. The van der Waals surface area contributed by atoms with Crippen molar-refractivity contribution in [1.29, 1.82) is 0 Å². The van der Waals surface area contributed by atoms with Crippen LogP contribution in [0.3, 0.4) is 0 Å². The number of sulfonamides is 1.